The van der Waals surface area contributed by atoms with Gasteiger partial charge in [0.15, 0.2) is 5.78 Å². The molecule has 0 N–H and O–H groups in total. The third kappa shape index (κ3) is 6.02. The van der Waals surface area contributed by atoms with Gasteiger partial charge in [0.25, 0.3) is 0 Å². The van der Waals surface area contributed by atoms with E-state index in [0.29, 0.717) is 47.1 Å². The molecule has 0 aliphatic heterocycles. The fourth-order valence-corrected chi connectivity index (χ4v) is 10.5. The highest BCUT2D eigenvalue weighted by Crippen LogP contribution is 2.68. The number of Topliss-reactive ketones (excluding diaryl/α,β-unsaturated/α-hetero) is 1. The normalized spacial score (nSPS) is 37.2. The first-order valence-electron chi connectivity index (χ1n) is 16.4. The molecule has 1 aromatic rings. The predicted molar refractivity (Wildman–Crippen MR) is 162 cm³/mol. The molecule has 4 saturated carbocycles. The molecule has 10 atom stereocenters. The maximum absolute atomic E-state index is 13.1. The maximum Gasteiger partial charge on any atom is 0.337 e. The molecule has 0 saturated heterocycles. The van der Waals surface area contributed by atoms with E-state index in [2.05, 4.69) is 20.8 Å². The van der Waals surface area contributed by atoms with E-state index >= 15 is 0 Å². The largest absolute Gasteiger partial charge is 0.465 e. The Labute approximate surface area is 256 Å². The zero-order chi connectivity index (χ0) is 31.1. The number of benzene rings is 1. The number of ether oxygens (including phenoxy) is 3. The van der Waals surface area contributed by atoms with Crippen LogP contribution < -0.4 is 0 Å². The first kappa shape index (κ1) is 31.7. The van der Waals surface area contributed by atoms with E-state index in [1.807, 2.05) is 0 Å². The molecule has 4 fully saturated rings. The van der Waals surface area contributed by atoms with Crippen LogP contribution in [0.25, 0.3) is 0 Å². The van der Waals surface area contributed by atoms with Crippen LogP contribution in [0.3, 0.4) is 0 Å². The molecule has 7 heteroatoms. The second-order valence-electron chi connectivity index (χ2n) is 14.6. The first-order valence-corrected chi connectivity index (χ1v) is 16.4. The Balaban J connectivity index is 1.28. The molecular weight excluding hydrogens is 544 g/mol. The Kier molecular flexibility index (Phi) is 9.12. The van der Waals surface area contributed by atoms with Crippen molar-refractivity contribution in [1.29, 1.82) is 0 Å². The van der Waals surface area contributed by atoms with Crippen molar-refractivity contribution in [3.05, 3.63) is 35.4 Å². The molecule has 236 valence electrons. The summed E-state index contributed by atoms with van der Waals surface area (Å²) in [6.07, 6.45) is 9.44. The topological polar surface area (TPSA) is 96.0 Å². The molecule has 43 heavy (non-hydrogen) atoms. The van der Waals surface area contributed by atoms with Crippen molar-refractivity contribution >= 4 is 23.7 Å². The molecule has 0 bridgehead atoms. The monoisotopic (exact) mass is 594 g/mol. The summed E-state index contributed by atoms with van der Waals surface area (Å²) >= 11 is 0. The maximum atomic E-state index is 13.1. The molecule has 0 heterocycles. The van der Waals surface area contributed by atoms with Gasteiger partial charge in [0, 0.05) is 31.7 Å². The van der Waals surface area contributed by atoms with Gasteiger partial charge in [-0.25, -0.2) is 4.79 Å². The smallest absolute Gasteiger partial charge is 0.337 e. The van der Waals surface area contributed by atoms with Crippen LogP contribution in [0.5, 0.6) is 0 Å². The molecule has 7 nitrogen and oxygen atoms in total. The van der Waals surface area contributed by atoms with Gasteiger partial charge in [-0.2, -0.15) is 0 Å². The Bertz CT molecular complexity index is 1220. The van der Waals surface area contributed by atoms with E-state index in [1.165, 1.54) is 46.6 Å². The van der Waals surface area contributed by atoms with E-state index < -0.39 is 5.97 Å². The summed E-state index contributed by atoms with van der Waals surface area (Å²) in [5.74, 6) is 2.16. The fraction of sp³-hybridized carbons (Fsp3) is 0.722. The standard InChI is InChI=1S/C36H50O7/c1-21(7-14-32(39)24-8-10-25(11-9-24)34(40)41-6)28-12-13-29-27-20-33(43-23(3)38)31-19-26(42-22(2)37)15-17-36(31,5)30(27)16-18-35(28,29)4/h8-11,21,26-31,33H,7,12-20H2,1-6H3/t21-,26-,27+,28-,29+,30+,31+,33+,35-,36-/m1/s1. The number of ketones is 1. The second-order valence-corrected chi connectivity index (χ2v) is 14.6. The third-order valence-corrected chi connectivity index (χ3v) is 12.5. The molecule has 0 amide bonds. The molecule has 0 unspecified atom stereocenters. The van der Waals surface area contributed by atoms with E-state index in [-0.39, 0.29) is 46.7 Å². The lowest BCUT2D eigenvalue weighted by Crippen LogP contribution is -2.59. The summed E-state index contributed by atoms with van der Waals surface area (Å²) < 4.78 is 16.5. The highest BCUT2D eigenvalue weighted by atomic mass is 16.5. The van der Waals surface area contributed by atoms with Crippen LogP contribution in [0, 0.1) is 46.3 Å². The Hall–Kier alpha value is -2.70. The van der Waals surface area contributed by atoms with Crippen LogP contribution >= 0.6 is 0 Å². The molecule has 4 aliphatic rings. The number of hydrogen-bond acceptors (Lipinski definition) is 7. The summed E-state index contributed by atoms with van der Waals surface area (Å²) in [4.78, 5) is 48.8. The van der Waals surface area contributed by atoms with Crippen molar-refractivity contribution < 1.29 is 33.4 Å². The van der Waals surface area contributed by atoms with Crippen LogP contribution in [-0.4, -0.2) is 43.0 Å². The zero-order valence-corrected chi connectivity index (χ0v) is 26.9. The minimum Gasteiger partial charge on any atom is -0.465 e. The van der Waals surface area contributed by atoms with Crippen molar-refractivity contribution in [3.8, 4) is 0 Å². The highest BCUT2D eigenvalue weighted by molar-refractivity contribution is 5.97. The van der Waals surface area contributed by atoms with Gasteiger partial charge < -0.3 is 14.2 Å². The average molecular weight is 595 g/mol. The molecule has 0 aromatic heterocycles. The van der Waals surface area contributed by atoms with Crippen LogP contribution in [0.15, 0.2) is 24.3 Å². The molecule has 0 radical (unpaired) electrons. The number of fused-ring (bicyclic) bond motifs is 5. The van der Waals surface area contributed by atoms with Crippen LogP contribution in [0.2, 0.25) is 0 Å². The van der Waals surface area contributed by atoms with E-state index in [9.17, 15) is 19.2 Å². The molecule has 1 aromatic carbocycles. The van der Waals surface area contributed by atoms with Crippen molar-refractivity contribution in [2.24, 2.45) is 46.3 Å². The van der Waals surface area contributed by atoms with Gasteiger partial charge in [0.1, 0.15) is 12.2 Å². The minimum atomic E-state index is -0.400. The lowest BCUT2D eigenvalue weighted by Gasteiger charge is -2.62. The lowest BCUT2D eigenvalue weighted by molar-refractivity contribution is -0.197. The van der Waals surface area contributed by atoms with Crippen molar-refractivity contribution in [3.63, 3.8) is 0 Å². The van der Waals surface area contributed by atoms with Gasteiger partial charge in [-0.05, 0) is 110 Å². The summed E-state index contributed by atoms with van der Waals surface area (Å²) in [5.41, 5.74) is 1.37. The Morgan fingerprint density at radius 1 is 0.814 bits per heavy atom. The van der Waals surface area contributed by atoms with Crippen molar-refractivity contribution in [1.82, 2.24) is 0 Å². The highest BCUT2D eigenvalue weighted by Gasteiger charge is 2.63. The van der Waals surface area contributed by atoms with Crippen molar-refractivity contribution in [2.75, 3.05) is 7.11 Å². The van der Waals surface area contributed by atoms with E-state index in [4.69, 9.17) is 14.2 Å². The SMILES string of the molecule is COC(=O)c1ccc(C(=O)CC[C@@H](C)[C@H]2CC[C@H]3[C@@H]4C[C@H](OC(C)=O)[C@@H]5C[C@H](OC(C)=O)CC[C@]5(C)[C@H]4CC[C@]23C)cc1. The summed E-state index contributed by atoms with van der Waals surface area (Å²) in [6, 6.07) is 6.77. The summed E-state index contributed by atoms with van der Waals surface area (Å²) in [6.45, 7) is 10.3. The number of methoxy groups -OCH3 is 1. The van der Waals surface area contributed by atoms with Crippen LogP contribution in [0.4, 0.5) is 0 Å². The van der Waals surface area contributed by atoms with Gasteiger partial charge in [-0.1, -0.05) is 32.9 Å². The van der Waals surface area contributed by atoms with E-state index in [0.717, 1.165) is 32.1 Å². The van der Waals surface area contributed by atoms with Gasteiger partial charge in [-0.15, -0.1) is 0 Å². The predicted octanol–water partition coefficient (Wildman–Crippen LogP) is 7.20. The van der Waals surface area contributed by atoms with Crippen LogP contribution in [0.1, 0.15) is 120 Å². The number of carbonyl (C=O) groups excluding carboxylic acids is 4. The van der Waals surface area contributed by atoms with Crippen molar-refractivity contribution in [2.45, 2.75) is 111 Å². The summed E-state index contributed by atoms with van der Waals surface area (Å²) in [7, 11) is 1.35. The van der Waals surface area contributed by atoms with Gasteiger partial charge in [0.05, 0.1) is 12.7 Å². The molecule has 0 spiro atoms. The van der Waals surface area contributed by atoms with Gasteiger partial charge in [0.2, 0.25) is 0 Å². The zero-order valence-electron chi connectivity index (χ0n) is 26.9. The average Bonchev–Trinajstić information content (AvgIpc) is 3.33. The van der Waals surface area contributed by atoms with E-state index in [1.54, 1.807) is 24.3 Å². The minimum absolute atomic E-state index is 0.0700. The molecule has 4 aliphatic carbocycles. The van der Waals surface area contributed by atoms with Gasteiger partial charge in [-0.3, -0.25) is 14.4 Å². The number of esters is 3. The quantitative estimate of drug-likeness (QED) is 0.178. The summed E-state index contributed by atoms with van der Waals surface area (Å²) in [5, 5.41) is 0. The number of hydrogen-bond donors (Lipinski definition) is 0. The molecule has 5 rings (SSSR count). The Morgan fingerprint density at radius 3 is 2.09 bits per heavy atom. The third-order valence-electron chi connectivity index (χ3n) is 12.5. The first-order chi connectivity index (χ1) is 20.4. The number of rotatable bonds is 8. The van der Waals surface area contributed by atoms with Crippen LogP contribution in [-0.2, 0) is 23.8 Å². The molecular formula is C36H50O7. The lowest BCUT2D eigenvalue weighted by atomic mass is 9.43. The number of carbonyl (C=O) groups is 4. The fourth-order valence-electron chi connectivity index (χ4n) is 10.5. The second kappa shape index (κ2) is 12.4. The van der Waals surface area contributed by atoms with Gasteiger partial charge >= 0.3 is 17.9 Å². The Morgan fingerprint density at radius 2 is 1.44 bits per heavy atom.